The van der Waals surface area contributed by atoms with Crippen molar-refractivity contribution in [3.05, 3.63) is 42.1 Å². The van der Waals surface area contributed by atoms with Crippen LogP contribution >= 0.6 is 11.8 Å². The predicted octanol–water partition coefficient (Wildman–Crippen LogP) is 2.06. The fourth-order valence-electron chi connectivity index (χ4n) is 1.93. The van der Waals surface area contributed by atoms with Crippen LogP contribution in [0.2, 0.25) is 0 Å². The molecule has 0 spiro atoms. The van der Waals surface area contributed by atoms with Gasteiger partial charge in [0.15, 0.2) is 0 Å². The van der Waals surface area contributed by atoms with E-state index in [-0.39, 0.29) is 0 Å². The molecule has 0 aliphatic carbocycles. The Bertz CT molecular complexity index is 633. The third-order valence-electron chi connectivity index (χ3n) is 3.02. The third kappa shape index (κ3) is 4.46. The Morgan fingerprint density at radius 2 is 2.14 bits per heavy atom. The lowest BCUT2D eigenvalue weighted by molar-refractivity contribution is -0.140. The van der Waals surface area contributed by atoms with Gasteiger partial charge in [0.25, 0.3) is 0 Å². The topological polar surface area (TPSA) is 79.3 Å². The number of rotatable bonds is 8. The molecule has 0 saturated heterocycles. The van der Waals surface area contributed by atoms with Crippen LogP contribution in [-0.4, -0.2) is 34.3 Å². The van der Waals surface area contributed by atoms with Gasteiger partial charge >= 0.3 is 5.97 Å². The van der Waals surface area contributed by atoms with Crippen LogP contribution < -0.4 is 5.32 Å². The lowest BCUT2D eigenvalue weighted by atomic mass is 10.2. The number of para-hydroxylation sites is 1. The minimum Gasteiger partial charge on any atom is -0.480 e. The Morgan fingerprint density at radius 1 is 1.33 bits per heavy atom. The zero-order valence-corrected chi connectivity index (χ0v) is 12.2. The van der Waals surface area contributed by atoms with Gasteiger partial charge in [-0.1, -0.05) is 24.3 Å². The first-order valence-corrected chi connectivity index (χ1v) is 7.71. The summed E-state index contributed by atoms with van der Waals surface area (Å²) >= 11 is 1.60. The van der Waals surface area contributed by atoms with Gasteiger partial charge in [-0.05, 0) is 24.3 Å². The summed E-state index contributed by atoms with van der Waals surface area (Å²) in [5, 5.41) is 12.3. The second kappa shape index (κ2) is 7.64. The summed E-state index contributed by atoms with van der Waals surface area (Å²) in [5.41, 5.74) is 1.93. The highest BCUT2D eigenvalue weighted by atomic mass is 32.2. The van der Waals surface area contributed by atoms with Crippen molar-refractivity contribution in [2.45, 2.75) is 18.2 Å². The van der Waals surface area contributed by atoms with E-state index in [1.807, 2.05) is 36.4 Å². The van der Waals surface area contributed by atoms with E-state index in [0.717, 1.165) is 22.3 Å². The second-order valence-electron chi connectivity index (χ2n) is 4.51. The van der Waals surface area contributed by atoms with Crippen molar-refractivity contribution in [1.29, 1.82) is 0 Å². The van der Waals surface area contributed by atoms with E-state index in [2.05, 4.69) is 10.3 Å². The van der Waals surface area contributed by atoms with Crippen LogP contribution in [0.25, 0.3) is 10.9 Å². The normalized spacial score (nSPS) is 12.0. The molecule has 0 aliphatic heterocycles. The van der Waals surface area contributed by atoms with Crippen molar-refractivity contribution in [1.82, 2.24) is 10.3 Å². The van der Waals surface area contributed by atoms with E-state index in [9.17, 15) is 9.59 Å². The fraction of sp³-hybridized carbons (Fsp3) is 0.267. The van der Waals surface area contributed by atoms with E-state index >= 15 is 0 Å². The van der Waals surface area contributed by atoms with E-state index < -0.39 is 12.0 Å². The molecular weight excluding hydrogens is 288 g/mol. The number of carbonyl (C=O) groups is 2. The maximum Gasteiger partial charge on any atom is 0.326 e. The van der Waals surface area contributed by atoms with Gasteiger partial charge in [-0.15, -0.1) is 0 Å². The molecule has 1 aromatic heterocycles. The Hall–Kier alpha value is -2.08. The number of hydrogen-bond acceptors (Lipinski definition) is 4. The Kier molecular flexibility index (Phi) is 5.57. The van der Waals surface area contributed by atoms with Gasteiger partial charge < -0.3 is 10.4 Å². The Morgan fingerprint density at radius 3 is 2.90 bits per heavy atom. The molecule has 2 N–H and O–H groups in total. The molecule has 21 heavy (non-hydrogen) atoms. The number of nitrogens with zero attached hydrogens (tertiary/aromatic N) is 1. The molecule has 2 rings (SSSR count). The summed E-state index contributed by atoms with van der Waals surface area (Å²) in [6.45, 7) is 0. The SMILES string of the molecule is O=CNC(CCSCc1ccc2ccccc2n1)C(=O)O. The number of fused-ring (bicyclic) bond motifs is 1. The fourth-order valence-corrected chi connectivity index (χ4v) is 2.84. The number of hydrogen-bond donors (Lipinski definition) is 2. The van der Waals surface area contributed by atoms with Crippen molar-refractivity contribution in [3.63, 3.8) is 0 Å². The maximum absolute atomic E-state index is 10.9. The van der Waals surface area contributed by atoms with Crippen LogP contribution in [0.1, 0.15) is 12.1 Å². The molecule has 1 unspecified atom stereocenters. The van der Waals surface area contributed by atoms with Crippen molar-refractivity contribution < 1.29 is 14.7 Å². The number of pyridine rings is 1. The lowest BCUT2D eigenvalue weighted by Crippen LogP contribution is -2.36. The van der Waals surface area contributed by atoms with E-state index in [4.69, 9.17) is 5.11 Å². The van der Waals surface area contributed by atoms with E-state index in [1.165, 1.54) is 0 Å². The highest BCUT2D eigenvalue weighted by molar-refractivity contribution is 7.98. The standard InChI is InChI=1S/C15H16N2O3S/c18-10-16-14(15(19)20)7-8-21-9-12-6-5-11-3-1-2-4-13(11)17-12/h1-6,10,14H,7-9H2,(H,16,18)(H,19,20). The Labute approximate surface area is 126 Å². The lowest BCUT2D eigenvalue weighted by Gasteiger charge is -2.10. The molecular formula is C15H16N2O3S. The van der Waals surface area contributed by atoms with Gasteiger partial charge in [-0.2, -0.15) is 11.8 Å². The summed E-state index contributed by atoms with van der Waals surface area (Å²) < 4.78 is 0. The summed E-state index contributed by atoms with van der Waals surface area (Å²) in [6, 6.07) is 11.1. The first-order chi connectivity index (χ1) is 10.2. The predicted molar refractivity (Wildman–Crippen MR) is 83.1 cm³/mol. The average molecular weight is 304 g/mol. The molecule has 5 nitrogen and oxygen atoms in total. The first kappa shape index (κ1) is 15.3. The minimum atomic E-state index is -1.01. The summed E-state index contributed by atoms with van der Waals surface area (Å²) in [5.74, 6) is 0.358. The van der Waals surface area contributed by atoms with Crippen molar-refractivity contribution >= 4 is 35.0 Å². The third-order valence-corrected chi connectivity index (χ3v) is 4.05. The smallest absolute Gasteiger partial charge is 0.326 e. The largest absolute Gasteiger partial charge is 0.480 e. The molecule has 1 atom stereocenters. The van der Waals surface area contributed by atoms with Gasteiger partial charge in [0.05, 0.1) is 11.2 Å². The molecule has 0 fully saturated rings. The number of thioether (sulfide) groups is 1. The van der Waals surface area contributed by atoms with Crippen LogP contribution in [0.3, 0.4) is 0 Å². The number of aliphatic carboxylic acids is 1. The van der Waals surface area contributed by atoms with Gasteiger partial charge in [-0.25, -0.2) is 4.79 Å². The van der Waals surface area contributed by atoms with Crippen molar-refractivity contribution in [3.8, 4) is 0 Å². The number of carbonyl (C=O) groups excluding carboxylic acids is 1. The highest BCUT2D eigenvalue weighted by Crippen LogP contribution is 2.16. The quantitative estimate of drug-likeness (QED) is 0.576. The monoisotopic (exact) mass is 304 g/mol. The molecule has 0 bridgehead atoms. The van der Waals surface area contributed by atoms with Crippen LogP contribution in [0.5, 0.6) is 0 Å². The van der Waals surface area contributed by atoms with Gasteiger partial charge in [-0.3, -0.25) is 9.78 Å². The molecule has 1 aromatic carbocycles. The Balaban J connectivity index is 1.84. The number of carboxylic acids is 1. The molecule has 1 heterocycles. The zero-order valence-electron chi connectivity index (χ0n) is 11.4. The van der Waals surface area contributed by atoms with Gasteiger partial charge in [0.2, 0.25) is 6.41 Å². The average Bonchev–Trinajstić information content (AvgIpc) is 2.50. The zero-order chi connectivity index (χ0) is 15.1. The molecule has 0 saturated carbocycles. The number of carboxylic acid groups (broad SMARTS) is 1. The molecule has 2 aromatic rings. The molecule has 110 valence electrons. The maximum atomic E-state index is 10.9. The summed E-state index contributed by atoms with van der Waals surface area (Å²) in [7, 11) is 0. The summed E-state index contributed by atoms with van der Waals surface area (Å²) in [6.07, 6.45) is 0.820. The van der Waals surface area contributed by atoms with Crippen LogP contribution in [0.4, 0.5) is 0 Å². The van der Waals surface area contributed by atoms with Crippen LogP contribution in [-0.2, 0) is 15.3 Å². The minimum absolute atomic E-state index is 0.395. The summed E-state index contributed by atoms with van der Waals surface area (Å²) in [4.78, 5) is 25.7. The van der Waals surface area contributed by atoms with E-state index in [0.29, 0.717) is 18.6 Å². The molecule has 1 amide bonds. The van der Waals surface area contributed by atoms with Crippen molar-refractivity contribution in [2.75, 3.05) is 5.75 Å². The molecule has 0 aliphatic rings. The molecule has 0 radical (unpaired) electrons. The van der Waals surface area contributed by atoms with Crippen LogP contribution in [0, 0.1) is 0 Å². The highest BCUT2D eigenvalue weighted by Gasteiger charge is 2.15. The second-order valence-corrected chi connectivity index (χ2v) is 5.62. The van der Waals surface area contributed by atoms with Crippen LogP contribution in [0.15, 0.2) is 36.4 Å². The van der Waals surface area contributed by atoms with Gasteiger partial charge in [0.1, 0.15) is 6.04 Å². The number of nitrogens with one attached hydrogen (secondary N) is 1. The molecule has 6 heteroatoms. The number of aromatic nitrogens is 1. The first-order valence-electron chi connectivity index (χ1n) is 6.55. The number of amides is 1. The van der Waals surface area contributed by atoms with Crippen molar-refractivity contribution in [2.24, 2.45) is 0 Å². The van der Waals surface area contributed by atoms with E-state index in [1.54, 1.807) is 11.8 Å². The van der Waals surface area contributed by atoms with Gasteiger partial charge in [0, 0.05) is 11.1 Å². The number of benzene rings is 1.